The Morgan fingerprint density at radius 1 is 1.07 bits per heavy atom. The number of anilines is 1. The van der Waals surface area contributed by atoms with Crippen LogP contribution in [0.4, 0.5) is 5.13 Å². The molecule has 0 amide bonds. The van der Waals surface area contributed by atoms with Gasteiger partial charge in [-0.25, -0.2) is 10.4 Å². The van der Waals surface area contributed by atoms with Crippen LogP contribution in [0, 0.1) is 0 Å². The summed E-state index contributed by atoms with van der Waals surface area (Å²) in [4.78, 5) is 4.56. The summed E-state index contributed by atoms with van der Waals surface area (Å²) in [5.41, 5.74) is 8.84. The van der Waals surface area contributed by atoms with Crippen LogP contribution in [-0.2, 0) is 6.54 Å². The molecule has 0 fully saturated rings. The lowest BCUT2D eigenvalue weighted by Crippen LogP contribution is -2.20. The molecule has 3 aromatic rings. The smallest absolute Gasteiger partial charge is 0.203 e. The first-order chi connectivity index (χ1) is 14.0. The minimum absolute atomic E-state index is 0.524. The summed E-state index contributed by atoms with van der Waals surface area (Å²) in [5, 5.41) is 3.81. The maximum atomic E-state index is 6.26. The molecule has 154 valence electrons. The van der Waals surface area contributed by atoms with E-state index in [4.69, 9.17) is 37.4 Å². The predicted octanol–water partition coefficient (Wildman–Crippen LogP) is 5.65. The van der Waals surface area contributed by atoms with Gasteiger partial charge in [-0.05, 0) is 42.8 Å². The second-order valence-corrected chi connectivity index (χ2v) is 7.60. The summed E-state index contributed by atoms with van der Waals surface area (Å²) < 4.78 is 16.5. The number of halogens is 2. The third-order valence-corrected chi connectivity index (χ3v) is 5.31. The molecule has 0 bridgehead atoms. The van der Waals surface area contributed by atoms with Gasteiger partial charge in [0.25, 0.3) is 0 Å². The summed E-state index contributed by atoms with van der Waals surface area (Å²) in [6.45, 7) is 2.96. The van der Waals surface area contributed by atoms with Crippen LogP contribution in [0.25, 0.3) is 11.3 Å². The molecule has 6 nitrogen and oxygen atoms in total. The molecule has 0 saturated heterocycles. The van der Waals surface area contributed by atoms with Crippen molar-refractivity contribution in [2.75, 3.05) is 26.3 Å². The first kappa shape index (κ1) is 21.5. The summed E-state index contributed by atoms with van der Waals surface area (Å²) in [6, 6.07) is 9.16. The molecule has 0 saturated carbocycles. The first-order valence-electron chi connectivity index (χ1n) is 8.83. The van der Waals surface area contributed by atoms with E-state index in [0.29, 0.717) is 40.4 Å². The minimum Gasteiger partial charge on any atom is -0.493 e. The van der Waals surface area contributed by atoms with Gasteiger partial charge < -0.3 is 14.2 Å². The van der Waals surface area contributed by atoms with Crippen LogP contribution in [0.5, 0.6) is 17.2 Å². The Labute approximate surface area is 183 Å². The molecule has 9 heteroatoms. The largest absolute Gasteiger partial charge is 0.493 e. The second kappa shape index (κ2) is 10.0. The topological polar surface area (TPSA) is 64.6 Å². The quantitative estimate of drug-likeness (QED) is 0.408. The van der Waals surface area contributed by atoms with Crippen LogP contribution in [0.3, 0.4) is 0 Å². The summed E-state index contributed by atoms with van der Waals surface area (Å²) in [5.74, 6) is 1.84. The highest BCUT2D eigenvalue weighted by Gasteiger charge is 2.14. The van der Waals surface area contributed by atoms with Gasteiger partial charge in [-0.2, -0.15) is 0 Å². The Balaban J connectivity index is 1.67. The standard InChI is InChI=1S/C20H21Cl2N3O3S/c1-4-28-19-17(26-2)7-12(8-18(19)27-3)10-23-25-20-24-16(11-29-20)14-6-5-13(21)9-15(14)22/h5-9,11,23H,4,10H2,1-3H3,(H,24,25). The molecule has 0 radical (unpaired) electrons. The van der Waals surface area contributed by atoms with E-state index < -0.39 is 0 Å². The van der Waals surface area contributed by atoms with Crippen molar-refractivity contribution >= 4 is 39.7 Å². The maximum Gasteiger partial charge on any atom is 0.203 e. The van der Waals surface area contributed by atoms with Gasteiger partial charge in [-0.1, -0.05) is 23.2 Å². The van der Waals surface area contributed by atoms with Crippen molar-refractivity contribution < 1.29 is 14.2 Å². The summed E-state index contributed by atoms with van der Waals surface area (Å²) in [6.07, 6.45) is 0. The lowest BCUT2D eigenvalue weighted by Gasteiger charge is -2.15. The molecule has 2 aromatic carbocycles. The zero-order valence-corrected chi connectivity index (χ0v) is 18.5. The minimum atomic E-state index is 0.524. The Hall–Kier alpha value is -2.19. The van der Waals surface area contributed by atoms with Crippen molar-refractivity contribution in [3.63, 3.8) is 0 Å². The molecule has 1 heterocycles. The van der Waals surface area contributed by atoms with Gasteiger partial charge >= 0.3 is 0 Å². The fourth-order valence-electron chi connectivity index (χ4n) is 2.70. The van der Waals surface area contributed by atoms with Crippen LogP contribution in [-0.4, -0.2) is 25.8 Å². The van der Waals surface area contributed by atoms with E-state index >= 15 is 0 Å². The Kier molecular flexibility index (Phi) is 7.44. The van der Waals surface area contributed by atoms with Crippen molar-refractivity contribution in [1.82, 2.24) is 10.4 Å². The van der Waals surface area contributed by atoms with Gasteiger partial charge in [0, 0.05) is 22.5 Å². The summed E-state index contributed by atoms with van der Waals surface area (Å²) in [7, 11) is 3.21. The molecule has 0 aliphatic carbocycles. The molecule has 1 aromatic heterocycles. The van der Waals surface area contributed by atoms with E-state index in [2.05, 4.69) is 15.8 Å². The predicted molar refractivity (Wildman–Crippen MR) is 119 cm³/mol. The van der Waals surface area contributed by atoms with Crippen molar-refractivity contribution in [2.24, 2.45) is 0 Å². The lowest BCUT2D eigenvalue weighted by molar-refractivity contribution is 0.288. The number of aromatic nitrogens is 1. The Morgan fingerprint density at radius 2 is 1.79 bits per heavy atom. The SMILES string of the molecule is CCOc1c(OC)cc(CNNc2nc(-c3ccc(Cl)cc3Cl)cs2)cc1OC. The molecule has 2 N–H and O–H groups in total. The van der Waals surface area contributed by atoms with Gasteiger partial charge in [0.05, 0.1) is 31.5 Å². The fourth-order valence-corrected chi connectivity index (χ4v) is 3.89. The number of rotatable bonds is 9. The average Bonchev–Trinajstić information content (AvgIpc) is 3.17. The van der Waals surface area contributed by atoms with Crippen LogP contribution >= 0.6 is 34.5 Å². The molecule has 29 heavy (non-hydrogen) atoms. The second-order valence-electron chi connectivity index (χ2n) is 5.90. The third kappa shape index (κ3) is 5.25. The van der Waals surface area contributed by atoms with Crippen LogP contribution in [0.1, 0.15) is 12.5 Å². The van der Waals surface area contributed by atoms with E-state index in [1.54, 1.807) is 26.4 Å². The van der Waals surface area contributed by atoms with Crippen LogP contribution in [0.15, 0.2) is 35.7 Å². The first-order valence-corrected chi connectivity index (χ1v) is 10.5. The van der Waals surface area contributed by atoms with E-state index in [9.17, 15) is 0 Å². The number of hydrazine groups is 1. The highest BCUT2D eigenvalue weighted by Crippen LogP contribution is 2.38. The number of methoxy groups -OCH3 is 2. The van der Waals surface area contributed by atoms with E-state index in [0.717, 1.165) is 22.0 Å². The van der Waals surface area contributed by atoms with Crippen LogP contribution in [0.2, 0.25) is 10.0 Å². The molecular weight excluding hydrogens is 433 g/mol. The normalized spacial score (nSPS) is 10.7. The van der Waals surface area contributed by atoms with Gasteiger partial charge in [-0.15, -0.1) is 11.3 Å². The van der Waals surface area contributed by atoms with Gasteiger partial charge in [-0.3, -0.25) is 5.43 Å². The number of benzene rings is 2. The zero-order valence-electron chi connectivity index (χ0n) is 16.2. The lowest BCUT2D eigenvalue weighted by atomic mass is 10.2. The van der Waals surface area contributed by atoms with Gasteiger partial charge in [0.1, 0.15) is 0 Å². The highest BCUT2D eigenvalue weighted by atomic mass is 35.5. The molecule has 0 unspecified atom stereocenters. The zero-order chi connectivity index (χ0) is 20.8. The molecule has 0 atom stereocenters. The number of hydrogen-bond acceptors (Lipinski definition) is 7. The number of nitrogens with zero attached hydrogens (tertiary/aromatic N) is 1. The molecule has 0 aliphatic heterocycles. The van der Waals surface area contributed by atoms with Crippen LogP contribution < -0.4 is 25.1 Å². The molecule has 0 aliphatic rings. The van der Waals surface area contributed by atoms with E-state index in [1.807, 2.05) is 30.5 Å². The monoisotopic (exact) mass is 453 g/mol. The van der Waals surface area contributed by atoms with Gasteiger partial charge in [0.15, 0.2) is 16.6 Å². The number of ether oxygens (including phenoxy) is 3. The van der Waals surface area contributed by atoms with Crippen molar-refractivity contribution in [3.8, 4) is 28.5 Å². The number of thiazole rings is 1. The van der Waals surface area contributed by atoms with Crippen molar-refractivity contribution in [1.29, 1.82) is 0 Å². The Bertz CT molecular complexity index is 956. The van der Waals surface area contributed by atoms with Crippen molar-refractivity contribution in [3.05, 3.63) is 51.3 Å². The fraction of sp³-hybridized carbons (Fsp3) is 0.250. The van der Waals surface area contributed by atoms with Gasteiger partial charge in [0.2, 0.25) is 5.75 Å². The van der Waals surface area contributed by atoms with E-state index in [-0.39, 0.29) is 0 Å². The third-order valence-electron chi connectivity index (χ3n) is 4.01. The summed E-state index contributed by atoms with van der Waals surface area (Å²) >= 11 is 13.7. The molecular formula is C20H21Cl2N3O3S. The van der Waals surface area contributed by atoms with Crippen molar-refractivity contribution in [2.45, 2.75) is 13.5 Å². The molecule has 3 rings (SSSR count). The maximum absolute atomic E-state index is 6.26. The molecule has 0 spiro atoms. The van der Waals surface area contributed by atoms with E-state index in [1.165, 1.54) is 11.3 Å². The average molecular weight is 454 g/mol. The highest BCUT2D eigenvalue weighted by molar-refractivity contribution is 7.14. The Morgan fingerprint density at radius 3 is 2.41 bits per heavy atom. The number of nitrogens with one attached hydrogen (secondary N) is 2. The number of hydrogen-bond donors (Lipinski definition) is 2.